The van der Waals surface area contributed by atoms with Crippen molar-refractivity contribution in [2.45, 2.75) is 13.8 Å². The highest BCUT2D eigenvalue weighted by molar-refractivity contribution is 6.03. The molecular formula is C17H15FN4O. The third-order valence-corrected chi connectivity index (χ3v) is 3.63. The summed E-state index contributed by atoms with van der Waals surface area (Å²) in [5.74, 6) is -1.23. The lowest BCUT2D eigenvalue weighted by Crippen LogP contribution is -2.15. The van der Waals surface area contributed by atoms with E-state index in [1.165, 1.54) is 18.3 Å². The highest BCUT2D eigenvalue weighted by Gasteiger charge is 2.13. The quantitative estimate of drug-likeness (QED) is 0.807. The van der Waals surface area contributed by atoms with Crippen LogP contribution in [0.3, 0.4) is 0 Å². The van der Waals surface area contributed by atoms with Crippen LogP contribution >= 0.6 is 0 Å². The van der Waals surface area contributed by atoms with Gasteiger partial charge in [-0.05, 0) is 50.2 Å². The van der Waals surface area contributed by atoms with Crippen LogP contribution in [0, 0.1) is 19.7 Å². The molecule has 0 spiro atoms. The summed E-state index contributed by atoms with van der Waals surface area (Å²) >= 11 is 0. The van der Waals surface area contributed by atoms with E-state index in [1.807, 2.05) is 30.5 Å². The molecule has 2 aromatic heterocycles. The summed E-state index contributed by atoms with van der Waals surface area (Å²) in [6, 6.07) is 9.87. The third kappa shape index (κ3) is 2.96. The Morgan fingerprint density at radius 3 is 2.48 bits per heavy atom. The van der Waals surface area contributed by atoms with E-state index in [2.05, 4.69) is 15.3 Å². The molecule has 1 amide bonds. The van der Waals surface area contributed by atoms with Crippen molar-refractivity contribution in [1.29, 1.82) is 0 Å². The Morgan fingerprint density at radius 1 is 1.13 bits per heavy atom. The average Bonchev–Trinajstić information content (AvgIpc) is 2.88. The number of rotatable bonds is 3. The zero-order valence-corrected chi connectivity index (χ0v) is 12.7. The van der Waals surface area contributed by atoms with Gasteiger partial charge in [-0.25, -0.2) is 14.4 Å². The van der Waals surface area contributed by atoms with Crippen molar-refractivity contribution < 1.29 is 9.18 Å². The van der Waals surface area contributed by atoms with Gasteiger partial charge in [0, 0.05) is 23.3 Å². The van der Waals surface area contributed by atoms with Gasteiger partial charge < -0.3 is 9.88 Å². The van der Waals surface area contributed by atoms with E-state index in [-0.39, 0.29) is 5.69 Å². The Labute approximate surface area is 132 Å². The largest absolute Gasteiger partial charge is 0.321 e. The van der Waals surface area contributed by atoms with Crippen molar-refractivity contribution in [2.24, 2.45) is 0 Å². The molecule has 116 valence electrons. The first-order valence-electron chi connectivity index (χ1n) is 7.09. The van der Waals surface area contributed by atoms with Crippen LogP contribution in [0.1, 0.15) is 21.9 Å². The van der Waals surface area contributed by atoms with Gasteiger partial charge in [-0.3, -0.25) is 4.79 Å². The molecule has 3 rings (SSSR count). The second-order valence-electron chi connectivity index (χ2n) is 5.12. The number of amides is 1. The summed E-state index contributed by atoms with van der Waals surface area (Å²) in [5.41, 5.74) is 3.30. The Kier molecular flexibility index (Phi) is 3.89. The van der Waals surface area contributed by atoms with Gasteiger partial charge in [0.2, 0.25) is 0 Å². The first-order chi connectivity index (χ1) is 11.1. The molecule has 1 N–H and O–H groups in total. The maximum absolute atomic E-state index is 13.5. The Balaban J connectivity index is 1.79. The number of aromatic nitrogens is 3. The van der Waals surface area contributed by atoms with Crippen molar-refractivity contribution >= 4 is 11.6 Å². The number of carbonyl (C=O) groups excluding carboxylic acids is 1. The maximum atomic E-state index is 13.5. The Morgan fingerprint density at radius 2 is 1.87 bits per heavy atom. The molecule has 0 unspecified atom stereocenters. The summed E-state index contributed by atoms with van der Waals surface area (Å²) in [5, 5.41) is 2.63. The molecule has 0 atom stereocenters. The summed E-state index contributed by atoms with van der Waals surface area (Å²) in [6.07, 6.45) is 3.13. The number of benzene rings is 1. The van der Waals surface area contributed by atoms with Gasteiger partial charge in [-0.1, -0.05) is 0 Å². The lowest BCUT2D eigenvalue weighted by molar-refractivity contribution is 0.101. The van der Waals surface area contributed by atoms with E-state index in [9.17, 15) is 9.18 Å². The van der Waals surface area contributed by atoms with Crippen LogP contribution in [0.2, 0.25) is 0 Å². The second kappa shape index (κ2) is 6.00. The summed E-state index contributed by atoms with van der Waals surface area (Å²) in [4.78, 5) is 20.0. The fourth-order valence-corrected chi connectivity index (χ4v) is 2.21. The highest BCUT2D eigenvalue weighted by atomic mass is 19.1. The molecule has 0 bridgehead atoms. The molecule has 0 fully saturated rings. The van der Waals surface area contributed by atoms with E-state index >= 15 is 0 Å². The zero-order chi connectivity index (χ0) is 16.4. The molecular weight excluding hydrogens is 295 g/mol. The Hall–Kier alpha value is -3.02. The smallest absolute Gasteiger partial charge is 0.277 e. The molecule has 2 heterocycles. The second-order valence-corrected chi connectivity index (χ2v) is 5.12. The molecule has 3 aromatic rings. The lowest BCUT2D eigenvalue weighted by atomic mass is 10.2. The molecule has 0 radical (unpaired) electrons. The highest BCUT2D eigenvalue weighted by Crippen LogP contribution is 2.17. The molecule has 6 heteroatoms. The van der Waals surface area contributed by atoms with Crippen LogP contribution in [0.25, 0.3) is 5.69 Å². The van der Waals surface area contributed by atoms with Crippen molar-refractivity contribution in [3.63, 3.8) is 0 Å². The predicted octanol–water partition coefficient (Wildman–Crippen LogP) is 3.28. The minimum absolute atomic E-state index is 0.224. The average molecular weight is 310 g/mol. The monoisotopic (exact) mass is 310 g/mol. The van der Waals surface area contributed by atoms with Gasteiger partial charge in [-0.2, -0.15) is 0 Å². The van der Waals surface area contributed by atoms with Crippen LogP contribution in [-0.2, 0) is 0 Å². The summed E-state index contributed by atoms with van der Waals surface area (Å²) in [7, 11) is 0. The van der Waals surface area contributed by atoms with Gasteiger partial charge in [0.15, 0.2) is 11.5 Å². The number of anilines is 1. The minimum Gasteiger partial charge on any atom is -0.321 e. The number of aryl methyl sites for hydroxylation is 1. The maximum Gasteiger partial charge on any atom is 0.277 e. The van der Waals surface area contributed by atoms with E-state index in [4.69, 9.17) is 0 Å². The number of nitrogens with zero attached hydrogens (tertiary/aromatic N) is 3. The van der Waals surface area contributed by atoms with Gasteiger partial charge >= 0.3 is 0 Å². The molecule has 5 nitrogen and oxygen atoms in total. The van der Waals surface area contributed by atoms with Crippen LogP contribution < -0.4 is 5.32 Å². The summed E-state index contributed by atoms with van der Waals surface area (Å²) in [6.45, 7) is 3.93. The standard InChI is InChI=1S/C17H15FN4O/c1-11-12(2)22(10-20-11)14-7-5-13(6-8-14)21-17(23)16-15(18)4-3-9-19-16/h3-10H,1-2H3,(H,21,23). The SMILES string of the molecule is Cc1ncn(-c2ccc(NC(=O)c3ncccc3F)cc2)c1C. The van der Waals surface area contributed by atoms with Crippen molar-refractivity contribution in [3.05, 3.63) is 71.8 Å². The number of hydrogen-bond acceptors (Lipinski definition) is 3. The van der Waals surface area contributed by atoms with Crippen molar-refractivity contribution in [1.82, 2.24) is 14.5 Å². The predicted molar refractivity (Wildman–Crippen MR) is 85.2 cm³/mol. The molecule has 0 aliphatic rings. The summed E-state index contributed by atoms with van der Waals surface area (Å²) < 4.78 is 15.5. The Bertz CT molecular complexity index is 855. The fourth-order valence-electron chi connectivity index (χ4n) is 2.21. The molecule has 0 aliphatic carbocycles. The van der Waals surface area contributed by atoms with E-state index in [0.717, 1.165) is 17.1 Å². The first-order valence-corrected chi connectivity index (χ1v) is 7.09. The minimum atomic E-state index is -0.647. The van der Waals surface area contributed by atoms with Crippen LogP contribution in [-0.4, -0.2) is 20.4 Å². The number of carbonyl (C=O) groups is 1. The van der Waals surface area contributed by atoms with Gasteiger partial charge in [0.1, 0.15) is 0 Å². The fraction of sp³-hybridized carbons (Fsp3) is 0.118. The number of halogens is 1. The molecule has 0 saturated heterocycles. The third-order valence-electron chi connectivity index (χ3n) is 3.63. The van der Waals surface area contributed by atoms with Gasteiger partial charge in [-0.15, -0.1) is 0 Å². The van der Waals surface area contributed by atoms with Crippen LogP contribution in [0.5, 0.6) is 0 Å². The normalized spacial score (nSPS) is 10.6. The molecule has 23 heavy (non-hydrogen) atoms. The van der Waals surface area contributed by atoms with Crippen molar-refractivity contribution in [2.75, 3.05) is 5.32 Å². The number of pyridine rings is 1. The number of nitrogens with one attached hydrogen (secondary N) is 1. The van der Waals surface area contributed by atoms with Crippen molar-refractivity contribution in [3.8, 4) is 5.69 Å². The van der Waals surface area contributed by atoms with E-state index < -0.39 is 11.7 Å². The van der Waals surface area contributed by atoms with Crippen LogP contribution in [0.4, 0.5) is 10.1 Å². The zero-order valence-electron chi connectivity index (χ0n) is 12.7. The van der Waals surface area contributed by atoms with Gasteiger partial charge in [0.25, 0.3) is 5.91 Å². The number of hydrogen-bond donors (Lipinski definition) is 1. The first kappa shape index (κ1) is 14.9. The molecule has 0 saturated carbocycles. The van der Waals surface area contributed by atoms with E-state index in [0.29, 0.717) is 5.69 Å². The van der Waals surface area contributed by atoms with Gasteiger partial charge in [0.05, 0.1) is 12.0 Å². The van der Waals surface area contributed by atoms with E-state index in [1.54, 1.807) is 18.5 Å². The lowest BCUT2D eigenvalue weighted by Gasteiger charge is -2.08. The number of imidazole rings is 1. The van der Waals surface area contributed by atoms with Crippen LogP contribution in [0.15, 0.2) is 48.9 Å². The molecule has 0 aliphatic heterocycles. The topological polar surface area (TPSA) is 59.8 Å². The molecule has 1 aromatic carbocycles.